The standard InChI is InChI=1S/2C25H35NO10.2CH4O3S.H2O/c2*1-11-17(28)34-15-14(27)23-13-9-12(10-21(2,3)4)22(23)16(32-8-7-26(5)6)18(29)35-20(22)36-25(23,19(30)33-13)24(11,15)31;2*1-5(2,3)4;/h2*11-16,20,27,31H,7-10H2,1-6H3;2*1H3,(H,2,3,4);1H2/t2*11-,12?,13?,14+,15?,16-,20?,22?,23+,24-,25?;;;/m00.../s1. The first-order valence-electron chi connectivity index (χ1n) is 27.2. The molecule has 22 atom stereocenters. The molecule has 0 aromatic heterocycles. The van der Waals surface area contributed by atoms with Crippen LogP contribution in [0.25, 0.3) is 0 Å². The largest absolute Gasteiger partial charge is 0.459 e. The Hall–Kier alpha value is -3.80. The average Bonchev–Trinajstić information content (AvgIpc) is 1.46. The van der Waals surface area contributed by atoms with Crippen LogP contribution in [0.15, 0.2) is 0 Å². The zero-order valence-corrected chi connectivity index (χ0v) is 50.4. The summed E-state index contributed by atoms with van der Waals surface area (Å²) >= 11 is 0. The molecule has 0 aromatic carbocycles. The molecule has 4 spiro atoms. The number of carbonyl (C=O) groups excluding carboxylic acids is 6. The lowest BCUT2D eigenvalue weighted by atomic mass is 9.52. The molecule has 4 saturated carbocycles. The Morgan fingerprint density at radius 1 is 0.554 bits per heavy atom. The van der Waals surface area contributed by atoms with Gasteiger partial charge in [0.05, 0.1) is 59.2 Å². The molecule has 83 heavy (non-hydrogen) atoms. The van der Waals surface area contributed by atoms with Crippen LogP contribution in [0.3, 0.4) is 0 Å². The van der Waals surface area contributed by atoms with Crippen molar-refractivity contribution in [2.24, 2.45) is 56.2 Å². The Bertz CT molecular complexity index is 2710. The van der Waals surface area contributed by atoms with E-state index >= 15 is 0 Å². The van der Waals surface area contributed by atoms with Crippen molar-refractivity contribution in [1.82, 2.24) is 9.80 Å². The van der Waals surface area contributed by atoms with Gasteiger partial charge in [0.25, 0.3) is 20.2 Å². The number of rotatable bonds is 10. The Balaban J connectivity index is 0.000000185. The number of esters is 6. The quantitative estimate of drug-likeness (QED) is 0.0742. The minimum atomic E-state index is -3.67. The summed E-state index contributed by atoms with van der Waals surface area (Å²) in [6, 6.07) is 0. The smallest absolute Gasteiger partial charge is 0.343 e. The summed E-state index contributed by atoms with van der Waals surface area (Å²) in [4.78, 5) is 83.2. The van der Waals surface area contributed by atoms with E-state index in [1.54, 1.807) is 0 Å². The molecule has 12 fully saturated rings. The highest BCUT2D eigenvalue weighted by Gasteiger charge is 3.05. The normalized spacial score (nSPS) is 46.7. The van der Waals surface area contributed by atoms with Gasteiger partial charge in [-0.05, 0) is 90.4 Å². The molecule has 31 heteroatoms. The summed E-state index contributed by atoms with van der Waals surface area (Å²) in [5.74, 6) is -7.48. The molecule has 0 bridgehead atoms. The van der Waals surface area contributed by atoms with Crippen molar-refractivity contribution in [3.8, 4) is 0 Å². The van der Waals surface area contributed by atoms with E-state index in [9.17, 15) is 66.0 Å². The van der Waals surface area contributed by atoms with Crippen LogP contribution >= 0.6 is 0 Å². The Labute approximate surface area is 480 Å². The Kier molecular flexibility index (Phi) is 15.8. The number of hydrogen-bond donors (Lipinski definition) is 6. The third-order valence-corrected chi connectivity index (χ3v) is 19.5. The minimum absolute atomic E-state index is 0. The van der Waals surface area contributed by atoms with Gasteiger partial charge in [0.1, 0.15) is 24.4 Å². The van der Waals surface area contributed by atoms with Crippen LogP contribution in [0.2, 0.25) is 0 Å². The maximum atomic E-state index is 13.7. The first-order chi connectivity index (χ1) is 37.4. The number of hydrogen-bond acceptors (Lipinski definition) is 26. The van der Waals surface area contributed by atoms with Gasteiger partial charge in [0, 0.05) is 13.1 Å². The van der Waals surface area contributed by atoms with Gasteiger partial charge in [-0.25, -0.2) is 19.2 Å². The van der Waals surface area contributed by atoms with Crippen LogP contribution in [0.4, 0.5) is 0 Å². The number of aliphatic hydroxyl groups is 4. The highest BCUT2D eigenvalue weighted by molar-refractivity contribution is 7.85. The van der Waals surface area contributed by atoms with E-state index in [0.717, 1.165) is 0 Å². The fourth-order valence-corrected chi connectivity index (χ4v) is 17.5. The third kappa shape index (κ3) is 8.28. The van der Waals surface area contributed by atoms with Gasteiger partial charge in [0.2, 0.25) is 23.8 Å². The van der Waals surface area contributed by atoms with E-state index in [1.807, 2.05) is 38.0 Å². The number of nitrogens with zero attached hydrogens (tertiary/aromatic N) is 2. The number of aliphatic hydroxyl groups excluding tert-OH is 2. The van der Waals surface area contributed by atoms with Crippen molar-refractivity contribution in [2.45, 2.75) is 165 Å². The molecule has 0 aromatic rings. The fraction of sp³-hybridized carbons (Fsp3) is 0.885. The van der Waals surface area contributed by atoms with E-state index in [1.165, 1.54) is 13.8 Å². The number of ether oxygens (including phenoxy) is 10. The van der Waals surface area contributed by atoms with Crippen LogP contribution in [-0.4, -0.2) is 248 Å². The molecule has 8 aliphatic heterocycles. The van der Waals surface area contributed by atoms with Crippen LogP contribution in [0, 0.1) is 56.2 Å². The molecule has 4 aliphatic carbocycles. The van der Waals surface area contributed by atoms with Gasteiger partial charge < -0.3 is 83.1 Å². The second kappa shape index (κ2) is 20.1. The summed E-state index contributed by atoms with van der Waals surface area (Å²) in [6.07, 6.45) is -9.27. The molecule has 8 N–H and O–H groups in total. The monoisotopic (exact) mass is 1230 g/mol. The zero-order chi connectivity index (χ0) is 61.4. The van der Waals surface area contributed by atoms with E-state index in [0.29, 0.717) is 51.3 Å². The first kappa shape index (κ1) is 65.2. The van der Waals surface area contributed by atoms with Crippen LogP contribution in [-0.2, 0) is 96.4 Å². The van der Waals surface area contributed by atoms with E-state index in [4.69, 9.17) is 56.5 Å². The van der Waals surface area contributed by atoms with E-state index < -0.39 is 173 Å². The van der Waals surface area contributed by atoms with Crippen molar-refractivity contribution in [3.05, 3.63) is 0 Å². The highest BCUT2D eigenvalue weighted by atomic mass is 32.2. The molecular formula is C52H80N2O27S2. The van der Waals surface area contributed by atoms with Gasteiger partial charge in [-0.1, -0.05) is 41.5 Å². The lowest BCUT2D eigenvalue weighted by Gasteiger charge is -2.46. The van der Waals surface area contributed by atoms with Crippen molar-refractivity contribution in [3.63, 3.8) is 0 Å². The van der Waals surface area contributed by atoms with Gasteiger partial charge in [-0.15, -0.1) is 0 Å². The molecule has 8 heterocycles. The second-order valence-electron chi connectivity index (χ2n) is 27.2. The molecule has 12 unspecified atom stereocenters. The summed E-state index contributed by atoms with van der Waals surface area (Å²) in [6.45, 7) is 16.7. The minimum Gasteiger partial charge on any atom is -0.459 e. The predicted molar refractivity (Wildman–Crippen MR) is 276 cm³/mol. The average molecular weight is 1230 g/mol. The molecule has 12 aliphatic rings. The van der Waals surface area contributed by atoms with Crippen LogP contribution < -0.4 is 0 Å². The molecular weight excluding hydrogens is 1150 g/mol. The summed E-state index contributed by atoms with van der Waals surface area (Å²) < 4.78 is 111. The third-order valence-electron chi connectivity index (χ3n) is 19.5. The van der Waals surface area contributed by atoms with Gasteiger partial charge in [-0.2, -0.15) is 16.8 Å². The topological polar surface area (TPSA) is 422 Å². The van der Waals surface area contributed by atoms with Gasteiger partial charge in [0.15, 0.2) is 35.6 Å². The van der Waals surface area contributed by atoms with E-state index in [2.05, 4.69) is 41.5 Å². The van der Waals surface area contributed by atoms with Crippen molar-refractivity contribution < 1.29 is 128 Å². The molecule has 8 saturated heterocycles. The fourth-order valence-electron chi connectivity index (χ4n) is 17.5. The SMILES string of the molecule is CS(=O)(=O)O.CS(=O)(=O)O.C[C@H]1C(=O)OC2[C@@H](O)[C@]34C5CC(CC(C)(C)C)C36C(OC(=O)[C@@H]6OCCN(C)C)OC4(C(=O)O5)[C@@]21O.C[C@H]1C(=O)OC2[C@@H](O)[C@]34C5CC(CC(C)(C)C)C36C(OC(=O)[C@@H]6OCCN(C)C)OC4(C(=O)O5)[C@@]21O.O. The van der Waals surface area contributed by atoms with Crippen molar-refractivity contribution in [1.29, 1.82) is 0 Å². The predicted octanol–water partition coefficient (Wildman–Crippen LogP) is -2.60. The molecule has 0 radical (unpaired) electrons. The second-order valence-corrected chi connectivity index (χ2v) is 30.1. The summed E-state index contributed by atoms with van der Waals surface area (Å²) in [7, 11) is 0.184. The molecule has 0 amide bonds. The van der Waals surface area contributed by atoms with Crippen molar-refractivity contribution >= 4 is 56.1 Å². The van der Waals surface area contributed by atoms with Gasteiger partial charge in [-0.3, -0.25) is 18.7 Å². The maximum Gasteiger partial charge on any atom is 0.343 e. The highest BCUT2D eigenvalue weighted by Crippen LogP contribution is 2.86. The van der Waals surface area contributed by atoms with Gasteiger partial charge >= 0.3 is 35.8 Å². The number of likely N-dealkylation sites (N-methyl/N-ethyl adjacent to an activating group) is 2. The van der Waals surface area contributed by atoms with E-state index in [-0.39, 0.29) is 41.4 Å². The van der Waals surface area contributed by atoms with Crippen LogP contribution in [0.5, 0.6) is 0 Å². The van der Waals surface area contributed by atoms with Crippen LogP contribution in [0.1, 0.15) is 81.1 Å². The molecule has 12 rings (SSSR count). The maximum absolute atomic E-state index is 13.7. The van der Waals surface area contributed by atoms with Crippen molar-refractivity contribution in [2.75, 3.05) is 67.0 Å². The molecule has 29 nitrogen and oxygen atoms in total. The lowest BCUT2D eigenvalue weighted by molar-refractivity contribution is -0.239. The molecule has 472 valence electrons. The number of fused-ring (bicyclic) bond motifs is 2. The summed E-state index contributed by atoms with van der Waals surface area (Å²) in [5.41, 5.74) is -15.0. The Morgan fingerprint density at radius 2 is 0.855 bits per heavy atom. The lowest BCUT2D eigenvalue weighted by Crippen LogP contribution is -2.67. The zero-order valence-electron chi connectivity index (χ0n) is 48.8. The Morgan fingerprint density at radius 3 is 1.13 bits per heavy atom. The first-order valence-corrected chi connectivity index (χ1v) is 30.9. The number of carbonyl (C=O) groups is 6. The summed E-state index contributed by atoms with van der Waals surface area (Å²) in [5, 5.41) is 48.3.